The monoisotopic (exact) mass is 569 g/mol. The summed E-state index contributed by atoms with van der Waals surface area (Å²) in [6.45, 7) is 2.75. The normalized spacial score (nSPS) is 14.9. The zero-order valence-corrected chi connectivity index (χ0v) is 22.2. The fraction of sp³-hybridized carbons (Fsp3) is 0.308. The van der Waals surface area contributed by atoms with E-state index in [2.05, 4.69) is 33.1 Å². The Balaban J connectivity index is 1.60. The lowest BCUT2D eigenvalue weighted by atomic mass is 9.98. The topological polar surface area (TPSA) is 94.8 Å². The van der Waals surface area contributed by atoms with Crippen LogP contribution in [0, 0.1) is 0 Å². The van der Waals surface area contributed by atoms with Crippen LogP contribution in [0.4, 0.5) is 5.13 Å². The van der Waals surface area contributed by atoms with Gasteiger partial charge in [0.2, 0.25) is 10.9 Å². The van der Waals surface area contributed by atoms with Gasteiger partial charge in [0, 0.05) is 4.47 Å². The summed E-state index contributed by atoms with van der Waals surface area (Å²) in [5.41, 5.74) is 2.55. The molecule has 3 heterocycles. The number of fused-ring (bicyclic) bond motifs is 2. The number of anilines is 1. The molecule has 1 amide bonds. The minimum atomic E-state index is -0.757. The van der Waals surface area contributed by atoms with E-state index < -0.39 is 11.9 Å². The Kier molecular flexibility index (Phi) is 7.06. The van der Waals surface area contributed by atoms with Crippen LogP contribution in [-0.2, 0) is 0 Å². The molecule has 1 unspecified atom stereocenters. The van der Waals surface area contributed by atoms with Gasteiger partial charge >= 0.3 is 0 Å². The molecule has 0 fully saturated rings. The number of hydrogen-bond donors (Lipinski definition) is 0. The molecule has 2 aromatic carbocycles. The first kappa shape index (κ1) is 24.5. The lowest BCUT2D eigenvalue weighted by Gasteiger charge is -2.23. The van der Waals surface area contributed by atoms with Crippen LogP contribution in [0.25, 0.3) is 11.0 Å². The molecule has 36 heavy (non-hydrogen) atoms. The molecular weight excluding hydrogens is 546 g/mol. The van der Waals surface area contributed by atoms with Gasteiger partial charge in [-0.15, -0.1) is 10.2 Å². The molecule has 0 radical (unpaired) electrons. The molecule has 0 N–H and O–H groups in total. The molecule has 2 aromatic heterocycles. The average molecular weight is 570 g/mol. The smallest absolute Gasteiger partial charge is 0.297 e. The SMILES string of the molecule is CCCCCCOc1ccc(C2c3c(oc4ccc(Br)cc4c3=O)C(=O)N2c2nncs2)cc1OC. The number of methoxy groups -OCH3 is 1. The van der Waals surface area contributed by atoms with Crippen LogP contribution in [0.2, 0.25) is 0 Å². The summed E-state index contributed by atoms with van der Waals surface area (Å²) in [7, 11) is 1.57. The second-order valence-corrected chi connectivity index (χ2v) is 10.2. The van der Waals surface area contributed by atoms with Crippen LogP contribution < -0.4 is 19.8 Å². The van der Waals surface area contributed by atoms with Gasteiger partial charge in [-0.05, 0) is 42.3 Å². The van der Waals surface area contributed by atoms with Crippen LogP contribution in [-0.4, -0.2) is 29.8 Å². The van der Waals surface area contributed by atoms with Crippen molar-refractivity contribution in [3.63, 3.8) is 0 Å². The number of unbranched alkanes of at least 4 members (excludes halogenated alkanes) is 3. The second-order valence-electron chi connectivity index (χ2n) is 8.43. The Labute approximate surface area is 220 Å². The highest BCUT2D eigenvalue weighted by molar-refractivity contribution is 9.10. The number of carbonyl (C=O) groups excluding carboxylic acids is 1. The van der Waals surface area contributed by atoms with Gasteiger partial charge in [0.1, 0.15) is 11.1 Å². The summed E-state index contributed by atoms with van der Waals surface area (Å²) >= 11 is 4.63. The predicted octanol–water partition coefficient (Wildman–Crippen LogP) is 6.12. The summed E-state index contributed by atoms with van der Waals surface area (Å²) in [5, 5.41) is 8.77. The molecule has 186 valence electrons. The van der Waals surface area contributed by atoms with Crippen LogP contribution in [0.1, 0.15) is 60.3 Å². The third-order valence-electron chi connectivity index (χ3n) is 6.15. The molecule has 10 heteroatoms. The summed E-state index contributed by atoms with van der Waals surface area (Å²) < 4.78 is 18.3. The van der Waals surface area contributed by atoms with Gasteiger partial charge in [-0.25, -0.2) is 0 Å². The Morgan fingerprint density at radius 3 is 2.72 bits per heavy atom. The molecular formula is C26H24BrN3O5S. The molecule has 1 aliphatic heterocycles. The number of hydrogen-bond acceptors (Lipinski definition) is 8. The maximum absolute atomic E-state index is 13.7. The minimum Gasteiger partial charge on any atom is -0.493 e. The van der Waals surface area contributed by atoms with Crippen LogP contribution in [0.15, 0.2) is 55.6 Å². The first-order valence-electron chi connectivity index (χ1n) is 11.7. The van der Waals surface area contributed by atoms with E-state index in [0.717, 1.165) is 23.7 Å². The number of rotatable bonds is 9. The van der Waals surface area contributed by atoms with Crippen LogP contribution in [0.3, 0.4) is 0 Å². The maximum Gasteiger partial charge on any atom is 0.297 e. The van der Waals surface area contributed by atoms with Crippen molar-refractivity contribution in [1.82, 2.24) is 10.2 Å². The van der Waals surface area contributed by atoms with Gasteiger partial charge < -0.3 is 13.9 Å². The summed E-state index contributed by atoms with van der Waals surface area (Å²) in [5.74, 6) is 0.697. The predicted molar refractivity (Wildman–Crippen MR) is 141 cm³/mol. The van der Waals surface area contributed by atoms with Gasteiger partial charge in [-0.3, -0.25) is 14.5 Å². The average Bonchev–Trinajstić information content (AvgIpc) is 3.51. The highest BCUT2D eigenvalue weighted by atomic mass is 79.9. The van der Waals surface area contributed by atoms with E-state index in [4.69, 9.17) is 13.9 Å². The van der Waals surface area contributed by atoms with Crippen molar-refractivity contribution in [3.8, 4) is 11.5 Å². The molecule has 1 aliphatic rings. The fourth-order valence-corrected chi connectivity index (χ4v) is 5.36. The van der Waals surface area contributed by atoms with E-state index in [1.54, 1.807) is 36.9 Å². The van der Waals surface area contributed by atoms with Crippen LogP contribution in [0.5, 0.6) is 11.5 Å². The van der Waals surface area contributed by atoms with Crippen molar-refractivity contribution < 1.29 is 18.7 Å². The Morgan fingerprint density at radius 1 is 1.11 bits per heavy atom. The Hall–Kier alpha value is -3.24. The zero-order chi connectivity index (χ0) is 25.2. The molecule has 8 nitrogen and oxygen atoms in total. The lowest BCUT2D eigenvalue weighted by molar-refractivity contribution is 0.0970. The standard InChI is InChI=1S/C26H24BrN3O5S/c1-3-4-5-6-11-34-19-9-7-15(12-20(19)33-2)22-21-23(31)17-13-16(27)8-10-18(17)35-24(21)25(32)30(22)26-29-28-14-36-26/h7-10,12-14,22H,3-6,11H2,1-2H3. The molecule has 0 bridgehead atoms. The number of benzene rings is 2. The van der Waals surface area contributed by atoms with E-state index in [1.807, 2.05) is 12.1 Å². The van der Waals surface area contributed by atoms with Crippen molar-refractivity contribution in [2.24, 2.45) is 0 Å². The van der Waals surface area contributed by atoms with Gasteiger partial charge in [0.05, 0.1) is 30.7 Å². The second kappa shape index (κ2) is 10.4. The van der Waals surface area contributed by atoms with Gasteiger partial charge in [-0.1, -0.05) is 59.5 Å². The number of aromatic nitrogens is 2. The zero-order valence-electron chi connectivity index (χ0n) is 19.8. The highest BCUT2D eigenvalue weighted by Gasteiger charge is 2.45. The molecule has 0 aliphatic carbocycles. The van der Waals surface area contributed by atoms with Crippen molar-refractivity contribution in [2.75, 3.05) is 18.6 Å². The first-order chi connectivity index (χ1) is 17.5. The van der Waals surface area contributed by atoms with Crippen molar-refractivity contribution in [3.05, 3.63) is 73.5 Å². The van der Waals surface area contributed by atoms with E-state index in [9.17, 15) is 9.59 Å². The van der Waals surface area contributed by atoms with Gasteiger partial charge in [0.15, 0.2) is 16.9 Å². The molecule has 0 saturated heterocycles. The van der Waals surface area contributed by atoms with Crippen molar-refractivity contribution >= 4 is 49.3 Å². The highest BCUT2D eigenvalue weighted by Crippen LogP contribution is 2.43. The molecule has 0 spiro atoms. The van der Waals surface area contributed by atoms with Crippen molar-refractivity contribution in [2.45, 2.75) is 38.6 Å². The number of ether oxygens (including phenoxy) is 2. The van der Waals surface area contributed by atoms with Gasteiger partial charge in [0.25, 0.3) is 5.91 Å². The summed E-state index contributed by atoms with van der Waals surface area (Å²) in [6.07, 6.45) is 4.39. The lowest BCUT2D eigenvalue weighted by Crippen LogP contribution is -2.29. The minimum absolute atomic E-state index is 0.00485. The number of nitrogens with zero attached hydrogens (tertiary/aromatic N) is 3. The molecule has 1 atom stereocenters. The molecule has 5 rings (SSSR count). The van der Waals surface area contributed by atoms with E-state index in [-0.39, 0.29) is 16.8 Å². The largest absolute Gasteiger partial charge is 0.493 e. The van der Waals surface area contributed by atoms with E-state index >= 15 is 0 Å². The van der Waals surface area contributed by atoms with Crippen molar-refractivity contribution in [1.29, 1.82) is 0 Å². The van der Waals surface area contributed by atoms with E-state index in [0.29, 0.717) is 39.8 Å². The Morgan fingerprint density at radius 2 is 1.97 bits per heavy atom. The number of halogens is 1. The third kappa shape index (κ3) is 4.39. The number of amides is 1. The number of carbonyl (C=O) groups is 1. The summed E-state index contributed by atoms with van der Waals surface area (Å²) in [6, 6.07) is 9.84. The third-order valence-corrected chi connectivity index (χ3v) is 7.33. The molecule has 0 saturated carbocycles. The fourth-order valence-electron chi connectivity index (χ4n) is 4.41. The van der Waals surface area contributed by atoms with E-state index in [1.165, 1.54) is 22.7 Å². The summed E-state index contributed by atoms with van der Waals surface area (Å²) in [4.78, 5) is 28.7. The van der Waals surface area contributed by atoms with Gasteiger partial charge in [-0.2, -0.15) is 0 Å². The maximum atomic E-state index is 13.7. The molecule has 4 aromatic rings. The van der Waals surface area contributed by atoms with Crippen LogP contribution >= 0.6 is 27.3 Å². The quantitative estimate of drug-likeness (QED) is 0.224. The first-order valence-corrected chi connectivity index (χ1v) is 13.4. The Bertz CT molecular complexity index is 1470.